The molecular formula is C14H13ClFNO2. The highest BCUT2D eigenvalue weighted by molar-refractivity contribution is 6.33. The van der Waals surface area contributed by atoms with Gasteiger partial charge >= 0.3 is 5.97 Å². The molecule has 3 nitrogen and oxygen atoms in total. The van der Waals surface area contributed by atoms with Gasteiger partial charge in [-0.3, -0.25) is 4.79 Å². The molecule has 2 rings (SSSR count). The Kier molecular flexibility index (Phi) is 5.82. The highest BCUT2D eigenvalue weighted by Crippen LogP contribution is 2.20. The lowest BCUT2D eigenvalue weighted by molar-refractivity contribution is -0.136. The normalized spacial score (nSPS) is 9.37. The van der Waals surface area contributed by atoms with Crippen LogP contribution in [0.15, 0.2) is 48.5 Å². The number of aliphatic carboxylic acids is 1. The fourth-order valence-corrected chi connectivity index (χ4v) is 1.44. The number of halogens is 2. The minimum Gasteiger partial charge on any atom is -0.481 e. The topological polar surface area (TPSA) is 63.3 Å². The Morgan fingerprint density at radius 2 is 1.79 bits per heavy atom. The van der Waals surface area contributed by atoms with Gasteiger partial charge in [0.25, 0.3) is 0 Å². The maximum absolute atomic E-state index is 12.4. The second kappa shape index (κ2) is 7.38. The number of rotatable bonds is 2. The maximum Gasteiger partial charge on any atom is 0.307 e. The molecular weight excluding hydrogens is 269 g/mol. The van der Waals surface area contributed by atoms with Crippen molar-refractivity contribution in [2.45, 2.75) is 6.42 Å². The molecule has 0 radical (unpaired) electrons. The standard InChI is InChI=1S/C8H8O2.C6H5ClFN/c9-8(10)6-7-4-2-1-3-5-7;7-4-2-1-3-5(8)6(4)9/h1-5H,6H2,(H,9,10);1-3H,9H2. The summed E-state index contributed by atoms with van der Waals surface area (Å²) in [5, 5.41) is 8.63. The van der Waals surface area contributed by atoms with Crippen LogP contribution < -0.4 is 5.73 Å². The van der Waals surface area contributed by atoms with Gasteiger partial charge in [-0.25, -0.2) is 4.39 Å². The second-order valence-electron chi connectivity index (χ2n) is 3.69. The number of hydrogen-bond donors (Lipinski definition) is 2. The molecule has 0 aromatic heterocycles. The van der Waals surface area contributed by atoms with Gasteiger partial charge in [-0.15, -0.1) is 0 Å². The number of anilines is 1. The number of benzene rings is 2. The molecule has 0 saturated carbocycles. The Bertz CT molecular complexity index is 526. The molecule has 0 aliphatic rings. The molecule has 0 amide bonds. The highest BCUT2D eigenvalue weighted by Gasteiger charge is 1.99. The summed E-state index contributed by atoms with van der Waals surface area (Å²) in [7, 11) is 0. The Hall–Kier alpha value is -2.07. The van der Waals surface area contributed by atoms with E-state index in [0.29, 0.717) is 0 Å². The van der Waals surface area contributed by atoms with Crippen LogP contribution in [0.1, 0.15) is 5.56 Å². The summed E-state index contributed by atoms with van der Waals surface area (Å²) in [5.41, 5.74) is 6.03. The van der Waals surface area contributed by atoms with Crippen molar-refractivity contribution in [3.05, 3.63) is 64.9 Å². The number of carbonyl (C=O) groups is 1. The summed E-state index contributed by atoms with van der Waals surface area (Å²) >= 11 is 5.45. The van der Waals surface area contributed by atoms with Crippen molar-refractivity contribution in [2.24, 2.45) is 0 Å². The smallest absolute Gasteiger partial charge is 0.307 e. The quantitative estimate of drug-likeness (QED) is 0.830. The predicted molar refractivity (Wildman–Crippen MR) is 73.6 cm³/mol. The SMILES string of the molecule is Nc1c(F)cccc1Cl.O=C(O)Cc1ccccc1. The number of carboxylic acid groups (broad SMARTS) is 1. The van der Waals surface area contributed by atoms with Gasteiger partial charge in [0.15, 0.2) is 0 Å². The van der Waals surface area contributed by atoms with Crippen LogP contribution in [0.3, 0.4) is 0 Å². The number of nitrogens with two attached hydrogens (primary N) is 1. The van der Waals surface area contributed by atoms with Crippen LogP contribution in [0.2, 0.25) is 5.02 Å². The van der Waals surface area contributed by atoms with Crippen LogP contribution in [0.25, 0.3) is 0 Å². The van der Waals surface area contributed by atoms with Gasteiger partial charge in [0, 0.05) is 0 Å². The zero-order valence-corrected chi connectivity index (χ0v) is 10.8. The Labute approximate surface area is 115 Å². The monoisotopic (exact) mass is 281 g/mol. The van der Waals surface area contributed by atoms with Crippen molar-refractivity contribution in [1.82, 2.24) is 0 Å². The van der Waals surface area contributed by atoms with Crippen LogP contribution in [0.5, 0.6) is 0 Å². The number of hydrogen-bond acceptors (Lipinski definition) is 2. The van der Waals surface area contributed by atoms with Crippen molar-refractivity contribution in [1.29, 1.82) is 0 Å². The van der Waals surface area contributed by atoms with Crippen molar-refractivity contribution in [2.75, 3.05) is 5.73 Å². The molecule has 0 fully saturated rings. The van der Waals surface area contributed by atoms with Gasteiger partial charge < -0.3 is 10.8 Å². The fourth-order valence-electron chi connectivity index (χ4n) is 1.28. The number of para-hydroxylation sites is 1. The van der Waals surface area contributed by atoms with Gasteiger partial charge in [-0.1, -0.05) is 48.0 Å². The minimum atomic E-state index is -0.786. The van der Waals surface area contributed by atoms with E-state index in [0.717, 1.165) is 5.56 Å². The summed E-state index contributed by atoms with van der Waals surface area (Å²) in [5.74, 6) is -1.26. The molecule has 0 saturated heterocycles. The van der Waals surface area contributed by atoms with E-state index in [2.05, 4.69) is 0 Å². The number of carboxylic acids is 1. The molecule has 2 aromatic carbocycles. The Morgan fingerprint density at radius 1 is 1.16 bits per heavy atom. The van der Waals surface area contributed by atoms with E-state index in [1.165, 1.54) is 12.1 Å². The first-order valence-corrected chi connectivity index (χ1v) is 5.83. The third kappa shape index (κ3) is 5.40. The van der Waals surface area contributed by atoms with E-state index in [9.17, 15) is 9.18 Å². The largest absolute Gasteiger partial charge is 0.481 e. The first kappa shape index (κ1) is 15.0. The van der Waals surface area contributed by atoms with Gasteiger partial charge in [0.05, 0.1) is 17.1 Å². The molecule has 0 spiro atoms. The first-order valence-electron chi connectivity index (χ1n) is 5.46. The van der Waals surface area contributed by atoms with Gasteiger partial charge in [-0.2, -0.15) is 0 Å². The van der Waals surface area contributed by atoms with Gasteiger partial charge in [0.1, 0.15) is 5.82 Å². The lowest BCUT2D eigenvalue weighted by Crippen LogP contribution is -1.98. The first-order chi connectivity index (χ1) is 9.00. The molecule has 0 atom stereocenters. The fraction of sp³-hybridized carbons (Fsp3) is 0.0714. The van der Waals surface area contributed by atoms with E-state index in [-0.39, 0.29) is 17.1 Å². The minimum absolute atomic E-state index is 0.0131. The molecule has 0 unspecified atom stereocenters. The lowest BCUT2D eigenvalue weighted by Gasteiger charge is -1.95. The van der Waals surface area contributed by atoms with Crippen molar-refractivity contribution in [3.63, 3.8) is 0 Å². The van der Waals surface area contributed by atoms with Crippen LogP contribution in [-0.4, -0.2) is 11.1 Å². The second-order valence-corrected chi connectivity index (χ2v) is 4.10. The zero-order valence-electron chi connectivity index (χ0n) is 10.0. The van der Waals surface area contributed by atoms with E-state index < -0.39 is 11.8 Å². The zero-order chi connectivity index (χ0) is 14.3. The van der Waals surface area contributed by atoms with Crippen LogP contribution in [0, 0.1) is 5.82 Å². The molecule has 0 aliphatic heterocycles. The van der Waals surface area contributed by atoms with Crippen LogP contribution in [0.4, 0.5) is 10.1 Å². The highest BCUT2D eigenvalue weighted by atomic mass is 35.5. The van der Waals surface area contributed by atoms with Crippen LogP contribution >= 0.6 is 11.6 Å². The summed E-state index contributed by atoms with van der Waals surface area (Å²) in [4.78, 5) is 10.2. The third-order valence-corrected chi connectivity index (χ3v) is 2.53. The molecule has 2 aromatic rings. The lowest BCUT2D eigenvalue weighted by atomic mass is 10.2. The van der Waals surface area contributed by atoms with Gasteiger partial charge in [-0.05, 0) is 17.7 Å². The average molecular weight is 282 g/mol. The molecule has 5 heteroatoms. The predicted octanol–water partition coefficient (Wildman–Crippen LogP) is 3.38. The molecule has 3 N–H and O–H groups in total. The van der Waals surface area contributed by atoms with Crippen molar-refractivity contribution < 1.29 is 14.3 Å². The third-order valence-electron chi connectivity index (χ3n) is 2.20. The summed E-state index contributed by atoms with van der Waals surface area (Å²) in [6.07, 6.45) is 0.112. The molecule has 0 aliphatic carbocycles. The van der Waals surface area contributed by atoms with E-state index >= 15 is 0 Å². The maximum atomic E-state index is 12.4. The Morgan fingerprint density at radius 3 is 2.26 bits per heavy atom. The van der Waals surface area contributed by atoms with E-state index in [1.807, 2.05) is 18.2 Å². The van der Waals surface area contributed by atoms with E-state index in [4.69, 9.17) is 22.4 Å². The van der Waals surface area contributed by atoms with Crippen molar-refractivity contribution in [3.8, 4) is 0 Å². The molecule has 0 heterocycles. The molecule has 19 heavy (non-hydrogen) atoms. The Balaban J connectivity index is 0.000000191. The summed E-state index contributed by atoms with van der Waals surface area (Å²) in [6.45, 7) is 0. The number of nitrogen functional groups attached to an aromatic ring is 1. The van der Waals surface area contributed by atoms with Crippen LogP contribution in [-0.2, 0) is 11.2 Å². The van der Waals surface area contributed by atoms with Gasteiger partial charge in [0.2, 0.25) is 0 Å². The average Bonchev–Trinajstić information content (AvgIpc) is 2.37. The summed E-state index contributed by atoms with van der Waals surface area (Å²) < 4.78 is 12.4. The molecule has 0 bridgehead atoms. The summed E-state index contributed by atoms with van der Waals surface area (Å²) in [6, 6.07) is 13.4. The van der Waals surface area contributed by atoms with E-state index in [1.54, 1.807) is 18.2 Å². The molecule has 100 valence electrons. The van der Waals surface area contributed by atoms with Crippen molar-refractivity contribution >= 4 is 23.3 Å².